The summed E-state index contributed by atoms with van der Waals surface area (Å²) in [7, 11) is 1.60. The van der Waals surface area contributed by atoms with Gasteiger partial charge in [-0.15, -0.1) is 0 Å². The summed E-state index contributed by atoms with van der Waals surface area (Å²) in [5.74, 6) is 1.41. The van der Waals surface area contributed by atoms with E-state index >= 15 is 0 Å². The van der Waals surface area contributed by atoms with E-state index in [1.807, 2.05) is 19.1 Å². The Balaban J connectivity index is 2.16. The van der Waals surface area contributed by atoms with Crippen molar-refractivity contribution in [1.82, 2.24) is 4.98 Å². The van der Waals surface area contributed by atoms with Crippen molar-refractivity contribution in [1.29, 1.82) is 0 Å². The van der Waals surface area contributed by atoms with Gasteiger partial charge in [0.25, 0.3) is 0 Å². The van der Waals surface area contributed by atoms with Crippen LogP contribution in [0.4, 0.5) is 0 Å². The van der Waals surface area contributed by atoms with Crippen molar-refractivity contribution in [3.8, 4) is 11.5 Å². The van der Waals surface area contributed by atoms with Crippen LogP contribution in [0.25, 0.3) is 0 Å². The first-order valence-corrected chi connectivity index (χ1v) is 6.33. The number of ether oxygens (including phenoxy) is 2. The first kappa shape index (κ1) is 14.1. The molecule has 0 saturated carbocycles. The summed E-state index contributed by atoms with van der Waals surface area (Å²) in [6.45, 7) is 3.79. The monoisotopic (exact) mass is 271 g/mol. The Morgan fingerprint density at radius 1 is 1.25 bits per heavy atom. The highest BCUT2D eigenvalue weighted by Crippen LogP contribution is 2.22. The van der Waals surface area contributed by atoms with E-state index in [2.05, 4.69) is 4.98 Å². The van der Waals surface area contributed by atoms with E-state index in [4.69, 9.17) is 9.47 Å². The zero-order valence-electron chi connectivity index (χ0n) is 11.8. The molecule has 0 bridgehead atoms. The molecule has 0 radical (unpaired) electrons. The molecular weight excluding hydrogens is 254 g/mol. The van der Waals surface area contributed by atoms with Crippen LogP contribution in [0.2, 0.25) is 0 Å². The van der Waals surface area contributed by atoms with Gasteiger partial charge in [0.05, 0.1) is 13.3 Å². The number of ketones is 1. The zero-order chi connectivity index (χ0) is 14.5. The summed E-state index contributed by atoms with van der Waals surface area (Å²) < 4.78 is 11.0. The molecule has 0 unspecified atom stereocenters. The Kier molecular flexibility index (Phi) is 4.35. The molecule has 1 aromatic heterocycles. The van der Waals surface area contributed by atoms with Crippen molar-refractivity contribution in [2.75, 3.05) is 7.11 Å². The first-order valence-electron chi connectivity index (χ1n) is 6.33. The number of pyridine rings is 1. The summed E-state index contributed by atoms with van der Waals surface area (Å²) in [6, 6.07) is 9.08. The molecule has 0 N–H and O–H groups in total. The SMILES string of the molecule is COc1ccc(C(C)=O)cc1COc1ccc(C)nc1. The van der Waals surface area contributed by atoms with Crippen LogP contribution in [-0.4, -0.2) is 17.9 Å². The highest BCUT2D eigenvalue weighted by molar-refractivity contribution is 5.94. The van der Waals surface area contributed by atoms with Crippen LogP contribution in [0, 0.1) is 6.92 Å². The maximum atomic E-state index is 11.4. The molecule has 20 heavy (non-hydrogen) atoms. The molecule has 0 spiro atoms. The molecule has 2 rings (SSSR count). The van der Waals surface area contributed by atoms with Crippen LogP contribution in [-0.2, 0) is 6.61 Å². The number of Topliss-reactive ketones (excluding diaryl/α,β-unsaturated/α-hetero) is 1. The predicted octanol–water partition coefficient (Wildman–Crippen LogP) is 3.18. The van der Waals surface area contributed by atoms with Crippen LogP contribution in [0.3, 0.4) is 0 Å². The van der Waals surface area contributed by atoms with E-state index < -0.39 is 0 Å². The lowest BCUT2D eigenvalue weighted by molar-refractivity contribution is 0.101. The minimum atomic E-state index is 0.0194. The van der Waals surface area contributed by atoms with E-state index in [0.29, 0.717) is 23.7 Å². The Bertz CT molecular complexity index is 606. The maximum Gasteiger partial charge on any atom is 0.159 e. The van der Waals surface area contributed by atoms with Gasteiger partial charge < -0.3 is 9.47 Å². The van der Waals surface area contributed by atoms with E-state index in [1.165, 1.54) is 6.92 Å². The van der Waals surface area contributed by atoms with E-state index in [0.717, 1.165) is 11.3 Å². The minimum absolute atomic E-state index is 0.0194. The second kappa shape index (κ2) is 6.19. The Morgan fingerprint density at radius 2 is 2.05 bits per heavy atom. The van der Waals surface area contributed by atoms with Crippen LogP contribution < -0.4 is 9.47 Å². The quantitative estimate of drug-likeness (QED) is 0.784. The summed E-state index contributed by atoms with van der Waals surface area (Å²) >= 11 is 0. The molecule has 4 heteroatoms. The molecule has 0 atom stereocenters. The van der Waals surface area contributed by atoms with Crippen molar-refractivity contribution in [3.63, 3.8) is 0 Å². The number of carbonyl (C=O) groups is 1. The third-order valence-electron chi connectivity index (χ3n) is 2.97. The highest BCUT2D eigenvalue weighted by Gasteiger charge is 2.08. The van der Waals surface area contributed by atoms with Gasteiger partial charge in [0.15, 0.2) is 5.78 Å². The van der Waals surface area contributed by atoms with Gasteiger partial charge in [0.2, 0.25) is 0 Å². The average molecular weight is 271 g/mol. The second-order valence-electron chi connectivity index (χ2n) is 4.51. The highest BCUT2D eigenvalue weighted by atomic mass is 16.5. The van der Waals surface area contributed by atoms with Crippen LogP contribution >= 0.6 is 0 Å². The number of hydrogen-bond donors (Lipinski definition) is 0. The lowest BCUT2D eigenvalue weighted by Crippen LogP contribution is -2.02. The number of methoxy groups -OCH3 is 1. The van der Waals surface area contributed by atoms with Gasteiger partial charge in [0, 0.05) is 16.8 Å². The summed E-state index contributed by atoms with van der Waals surface area (Å²) in [5, 5.41) is 0. The third kappa shape index (κ3) is 3.35. The number of carbonyl (C=O) groups excluding carboxylic acids is 1. The fourth-order valence-electron chi connectivity index (χ4n) is 1.81. The molecule has 1 aromatic carbocycles. The van der Waals surface area contributed by atoms with Crippen molar-refractivity contribution < 1.29 is 14.3 Å². The Morgan fingerprint density at radius 3 is 2.65 bits per heavy atom. The number of nitrogens with zero attached hydrogens (tertiary/aromatic N) is 1. The van der Waals surface area contributed by atoms with Crippen LogP contribution in [0.15, 0.2) is 36.5 Å². The number of aryl methyl sites for hydroxylation is 1. The van der Waals surface area contributed by atoms with Gasteiger partial charge >= 0.3 is 0 Å². The fraction of sp³-hybridized carbons (Fsp3) is 0.250. The molecule has 0 aliphatic rings. The largest absolute Gasteiger partial charge is 0.496 e. The second-order valence-corrected chi connectivity index (χ2v) is 4.51. The van der Waals surface area contributed by atoms with Gasteiger partial charge in [-0.25, -0.2) is 0 Å². The topological polar surface area (TPSA) is 48.4 Å². The molecule has 0 aliphatic carbocycles. The number of benzene rings is 1. The van der Waals surface area contributed by atoms with Crippen LogP contribution in [0.5, 0.6) is 11.5 Å². The van der Waals surface area contributed by atoms with E-state index in [-0.39, 0.29) is 5.78 Å². The molecule has 4 nitrogen and oxygen atoms in total. The van der Waals surface area contributed by atoms with Gasteiger partial charge in [-0.1, -0.05) is 0 Å². The molecule has 0 aliphatic heterocycles. The predicted molar refractivity (Wildman–Crippen MR) is 76.3 cm³/mol. The molecule has 2 aromatic rings. The van der Waals surface area contributed by atoms with Gasteiger partial charge in [-0.3, -0.25) is 9.78 Å². The summed E-state index contributed by atoms with van der Waals surface area (Å²) in [4.78, 5) is 15.6. The van der Waals surface area contributed by atoms with E-state index in [9.17, 15) is 4.79 Å². The van der Waals surface area contributed by atoms with Crippen LogP contribution in [0.1, 0.15) is 28.5 Å². The standard InChI is InChI=1S/C16H17NO3/c1-11-4-6-15(9-17-11)20-10-14-8-13(12(2)18)5-7-16(14)19-3/h4-9H,10H2,1-3H3. The van der Waals surface area contributed by atoms with Crippen molar-refractivity contribution in [2.24, 2.45) is 0 Å². The molecule has 104 valence electrons. The smallest absolute Gasteiger partial charge is 0.159 e. The van der Waals surface area contributed by atoms with Gasteiger partial charge in [-0.2, -0.15) is 0 Å². The van der Waals surface area contributed by atoms with E-state index in [1.54, 1.807) is 31.5 Å². The van der Waals surface area contributed by atoms with Crippen molar-refractivity contribution in [3.05, 3.63) is 53.3 Å². The molecule has 0 saturated heterocycles. The number of hydrogen-bond acceptors (Lipinski definition) is 4. The first-order chi connectivity index (χ1) is 9.60. The lowest BCUT2D eigenvalue weighted by Gasteiger charge is -2.11. The van der Waals surface area contributed by atoms with Crippen molar-refractivity contribution in [2.45, 2.75) is 20.5 Å². The summed E-state index contributed by atoms with van der Waals surface area (Å²) in [6.07, 6.45) is 1.68. The molecule has 1 heterocycles. The fourth-order valence-corrected chi connectivity index (χ4v) is 1.81. The number of rotatable bonds is 5. The zero-order valence-corrected chi connectivity index (χ0v) is 11.8. The minimum Gasteiger partial charge on any atom is -0.496 e. The summed E-state index contributed by atoms with van der Waals surface area (Å²) in [5.41, 5.74) is 2.42. The van der Waals surface area contributed by atoms with Gasteiger partial charge in [-0.05, 0) is 44.2 Å². The average Bonchev–Trinajstić information content (AvgIpc) is 2.46. The molecular formula is C16H17NO3. The number of aromatic nitrogens is 1. The Labute approximate surface area is 118 Å². The maximum absolute atomic E-state index is 11.4. The molecule has 0 fully saturated rings. The molecule has 0 amide bonds. The normalized spacial score (nSPS) is 10.2. The lowest BCUT2D eigenvalue weighted by atomic mass is 10.1. The van der Waals surface area contributed by atoms with Crippen molar-refractivity contribution >= 4 is 5.78 Å². The van der Waals surface area contributed by atoms with Gasteiger partial charge in [0.1, 0.15) is 18.1 Å². The third-order valence-corrected chi connectivity index (χ3v) is 2.97. The Hall–Kier alpha value is -2.36.